The van der Waals surface area contributed by atoms with Crippen molar-refractivity contribution in [3.05, 3.63) is 58.8 Å². The number of carbonyl (C=O) groups excluding carboxylic acids is 1. The van der Waals surface area contributed by atoms with Crippen molar-refractivity contribution in [2.24, 2.45) is 0 Å². The van der Waals surface area contributed by atoms with Gasteiger partial charge in [0.05, 0.1) is 11.9 Å². The second kappa shape index (κ2) is 6.16. The van der Waals surface area contributed by atoms with Crippen LogP contribution in [0.3, 0.4) is 0 Å². The Labute approximate surface area is 114 Å². The first kappa shape index (κ1) is 12.6. The number of rotatable bonds is 3. The number of pyridine rings is 1. The summed E-state index contributed by atoms with van der Waals surface area (Å²) in [6.45, 7) is 0.497. The summed E-state index contributed by atoms with van der Waals surface area (Å²) in [4.78, 5) is 15.6. The van der Waals surface area contributed by atoms with E-state index >= 15 is 0 Å². The number of amides is 2. The van der Waals surface area contributed by atoms with Crippen molar-refractivity contribution < 1.29 is 4.79 Å². The lowest BCUT2D eigenvalue weighted by atomic mass is 10.2. The molecule has 0 atom stereocenters. The number of nitrogens with zero attached hydrogens (tertiary/aromatic N) is 1. The van der Waals surface area contributed by atoms with Crippen LogP contribution < -0.4 is 10.6 Å². The summed E-state index contributed by atoms with van der Waals surface area (Å²) in [6.07, 6.45) is 1.59. The standard InChI is InChI=1S/C13H12BrN3O/c14-12-7-6-11(9-15-12)17-13(18)16-8-10-4-2-1-3-5-10/h1-7,9H,8H2,(H2,16,17,18). The second-order valence-corrected chi connectivity index (χ2v) is 4.48. The molecule has 0 aliphatic carbocycles. The SMILES string of the molecule is O=C(NCc1ccccc1)Nc1ccc(Br)nc1. The van der Waals surface area contributed by atoms with E-state index in [1.807, 2.05) is 30.3 Å². The lowest BCUT2D eigenvalue weighted by molar-refractivity contribution is 0.251. The van der Waals surface area contributed by atoms with Gasteiger partial charge in [-0.1, -0.05) is 30.3 Å². The number of urea groups is 1. The molecule has 2 amide bonds. The van der Waals surface area contributed by atoms with Crippen molar-refractivity contribution in [2.45, 2.75) is 6.54 Å². The van der Waals surface area contributed by atoms with E-state index in [4.69, 9.17) is 0 Å². The van der Waals surface area contributed by atoms with Crippen molar-refractivity contribution in [2.75, 3.05) is 5.32 Å². The monoisotopic (exact) mass is 305 g/mol. The van der Waals surface area contributed by atoms with Crippen LogP contribution in [0.5, 0.6) is 0 Å². The van der Waals surface area contributed by atoms with E-state index in [1.165, 1.54) is 0 Å². The molecular weight excluding hydrogens is 294 g/mol. The first-order valence-electron chi connectivity index (χ1n) is 5.44. The first-order valence-corrected chi connectivity index (χ1v) is 6.24. The number of anilines is 1. The Kier molecular flexibility index (Phi) is 4.30. The molecule has 0 saturated heterocycles. The molecule has 5 heteroatoms. The van der Waals surface area contributed by atoms with Crippen molar-refractivity contribution in [1.82, 2.24) is 10.3 Å². The van der Waals surface area contributed by atoms with Crippen LogP contribution in [0.1, 0.15) is 5.56 Å². The molecule has 2 rings (SSSR count). The van der Waals surface area contributed by atoms with E-state index < -0.39 is 0 Å². The maximum Gasteiger partial charge on any atom is 0.319 e. The molecule has 0 unspecified atom stereocenters. The highest BCUT2D eigenvalue weighted by Gasteiger charge is 2.01. The second-order valence-electron chi connectivity index (χ2n) is 3.66. The lowest BCUT2D eigenvalue weighted by Gasteiger charge is -2.07. The van der Waals surface area contributed by atoms with E-state index in [-0.39, 0.29) is 6.03 Å². The Morgan fingerprint density at radius 3 is 2.61 bits per heavy atom. The van der Waals surface area contributed by atoms with Crippen molar-refractivity contribution >= 4 is 27.6 Å². The van der Waals surface area contributed by atoms with E-state index in [9.17, 15) is 4.79 Å². The molecule has 0 saturated carbocycles. The van der Waals surface area contributed by atoms with Gasteiger partial charge in [-0.2, -0.15) is 0 Å². The number of nitrogens with one attached hydrogen (secondary N) is 2. The zero-order valence-corrected chi connectivity index (χ0v) is 11.1. The number of hydrogen-bond donors (Lipinski definition) is 2. The summed E-state index contributed by atoms with van der Waals surface area (Å²) in [5.74, 6) is 0. The molecule has 2 aromatic rings. The number of hydrogen-bond acceptors (Lipinski definition) is 2. The maximum absolute atomic E-state index is 11.6. The predicted octanol–water partition coefficient (Wildman–Crippen LogP) is 3.17. The largest absolute Gasteiger partial charge is 0.334 e. The first-order chi connectivity index (χ1) is 8.74. The Bertz CT molecular complexity index is 514. The van der Waals surface area contributed by atoms with Gasteiger partial charge in [0, 0.05) is 6.54 Å². The third kappa shape index (κ3) is 3.85. The van der Waals surface area contributed by atoms with E-state index in [0.29, 0.717) is 12.2 Å². The van der Waals surface area contributed by atoms with Gasteiger partial charge in [0.15, 0.2) is 0 Å². The molecule has 1 aromatic heterocycles. The fourth-order valence-corrected chi connectivity index (χ4v) is 1.64. The predicted molar refractivity (Wildman–Crippen MR) is 74.2 cm³/mol. The van der Waals surface area contributed by atoms with Crippen molar-refractivity contribution in [1.29, 1.82) is 0 Å². The Hall–Kier alpha value is -1.88. The van der Waals surface area contributed by atoms with Crippen LogP contribution in [0.2, 0.25) is 0 Å². The Morgan fingerprint density at radius 1 is 1.17 bits per heavy atom. The maximum atomic E-state index is 11.6. The van der Waals surface area contributed by atoms with Crippen LogP contribution in [0, 0.1) is 0 Å². The van der Waals surface area contributed by atoms with Gasteiger partial charge in [-0.25, -0.2) is 9.78 Å². The van der Waals surface area contributed by atoms with Gasteiger partial charge in [0.1, 0.15) is 4.60 Å². The van der Waals surface area contributed by atoms with Crippen LogP contribution >= 0.6 is 15.9 Å². The zero-order valence-electron chi connectivity index (χ0n) is 9.56. The van der Waals surface area contributed by atoms with Gasteiger partial charge in [-0.3, -0.25) is 0 Å². The minimum absolute atomic E-state index is 0.247. The fourth-order valence-electron chi connectivity index (χ4n) is 1.40. The smallest absolute Gasteiger partial charge is 0.319 e. The van der Waals surface area contributed by atoms with Gasteiger partial charge >= 0.3 is 6.03 Å². The number of benzene rings is 1. The highest BCUT2D eigenvalue weighted by Crippen LogP contribution is 2.10. The molecule has 0 radical (unpaired) electrons. The number of aromatic nitrogens is 1. The molecular formula is C13H12BrN3O. The average molecular weight is 306 g/mol. The van der Waals surface area contributed by atoms with Crippen LogP contribution in [0.15, 0.2) is 53.3 Å². The number of halogens is 1. The quantitative estimate of drug-likeness (QED) is 0.856. The summed E-state index contributed by atoms with van der Waals surface area (Å²) >= 11 is 3.23. The average Bonchev–Trinajstić information content (AvgIpc) is 2.40. The molecule has 92 valence electrons. The lowest BCUT2D eigenvalue weighted by Crippen LogP contribution is -2.28. The molecule has 2 N–H and O–H groups in total. The molecule has 0 aliphatic rings. The third-order valence-electron chi connectivity index (χ3n) is 2.28. The fraction of sp³-hybridized carbons (Fsp3) is 0.0769. The van der Waals surface area contributed by atoms with Crippen LogP contribution in [0.25, 0.3) is 0 Å². The van der Waals surface area contributed by atoms with Gasteiger partial charge in [-0.05, 0) is 33.6 Å². The Balaban J connectivity index is 1.84. The minimum atomic E-state index is -0.247. The summed E-state index contributed by atoms with van der Waals surface area (Å²) < 4.78 is 0.734. The highest BCUT2D eigenvalue weighted by molar-refractivity contribution is 9.10. The zero-order chi connectivity index (χ0) is 12.8. The van der Waals surface area contributed by atoms with Crippen molar-refractivity contribution in [3.8, 4) is 0 Å². The van der Waals surface area contributed by atoms with E-state index in [1.54, 1.807) is 18.3 Å². The van der Waals surface area contributed by atoms with Crippen LogP contribution in [-0.4, -0.2) is 11.0 Å². The summed E-state index contributed by atoms with van der Waals surface area (Å²) in [6, 6.07) is 13.0. The summed E-state index contributed by atoms with van der Waals surface area (Å²) in [5, 5.41) is 5.48. The molecule has 0 aliphatic heterocycles. The molecule has 0 spiro atoms. The van der Waals surface area contributed by atoms with Gasteiger partial charge in [-0.15, -0.1) is 0 Å². The molecule has 1 heterocycles. The third-order valence-corrected chi connectivity index (χ3v) is 2.75. The molecule has 1 aromatic carbocycles. The summed E-state index contributed by atoms with van der Waals surface area (Å²) in [5.41, 5.74) is 1.71. The summed E-state index contributed by atoms with van der Waals surface area (Å²) in [7, 11) is 0. The number of carbonyl (C=O) groups is 1. The minimum Gasteiger partial charge on any atom is -0.334 e. The van der Waals surface area contributed by atoms with Gasteiger partial charge in [0.25, 0.3) is 0 Å². The van der Waals surface area contributed by atoms with Crippen molar-refractivity contribution in [3.63, 3.8) is 0 Å². The van der Waals surface area contributed by atoms with Gasteiger partial charge in [0.2, 0.25) is 0 Å². The van der Waals surface area contributed by atoms with Gasteiger partial charge < -0.3 is 10.6 Å². The molecule has 0 fully saturated rings. The molecule has 0 bridgehead atoms. The molecule has 4 nitrogen and oxygen atoms in total. The van der Waals surface area contributed by atoms with E-state index in [0.717, 1.165) is 10.2 Å². The van der Waals surface area contributed by atoms with E-state index in [2.05, 4.69) is 31.5 Å². The Morgan fingerprint density at radius 2 is 1.94 bits per heavy atom. The topological polar surface area (TPSA) is 54.0 Å². The van der Waals surface area contributed by atoms with Crippen LogP contribution in [0.4, 0.5) is 10.5 Å². The highest BCUT2D eigenvalue weighted by atomic mass is 79.9. The normalized spacial score (nSPS) is 9.83. The van der Waals surface area contributed by atoms with Crippen LogP contribution in [-0.2, 0) is 6.54 Å². The molecule has 18 heavy (non-hydrogen) atoms.